The van der Waals surface area contributed by atoms with Crippen LogP contribution in [0.15, 0.2) is 42.6 Å². The maximum atomic E-state index is 13.9. The van der Waals surface area contributed by atoms with E-state index in [1.54, 1.807) is 18.3 Å². The highest BCUT2D eigenvalue weighted by molar-refractivity contribution is 6.05. The van der Waals surface area contributed by atoms with Gasteiger partial charge in [0.05, 0.1) is 11.6 Å². The third-order valence-electron chi connectivity index (χ3n) is 4.69. The van der Waals surface area contributed by atoms with Gasteiger partial charge < -0.3 is 15.3 Å². The van der Waals surface area contributed by atoms with E-state index in [-0.39, 0.29) is 0 Å². The Morgan fingerprint density at radius 3 is 2.73 bits per heavy atom. The van der Waals surface area contributed by atoms with E-state index in [0.717, 1.165) is 42.8 Å². The van der Waals surface area contributed by atoms with E-state index in [2.05, 4.69) is 21.3 Å². The zero-order valence-corrected chi connectivity index (χ0v) is 14.0. The van der Waals surface area contributed by atoms with Gasteiger partial charge in [-0.3, -0.25) is 0 Å². The summed E-state index contributed by atoms with van der Waals surface area (Å²) in [6.45, 7) is 3.44. The van der Waals surface area contributed by atoms with E-state index in [9.17, 15) is 14.8 Å². The summed E-state index contributed by atoms with van der Waals surface area (Å²) in [7, 11) is 0. The summed E-state index contributed by atoms with van der Waals surface area (Å²) in [4.78, 5) is 6.83. The van der Waals surface area contributed by atoms with Crippen LogP contribution in [0.5, 0.6) is 5.75 Å². The molecule has 0 saturated carbocycles. The molecule has 6 heteroatoms. The summed E-state index contributed by atoms with van der Waals surface area (Å²) < 4.78 is 13.9. The molecule has 3 aromatic rings. The maximum Gasteiger partial charge on any atom is 0.165 e. The number of piperazine rings is 1. The second kappa shape index (κ2) is 6.62. The number of nitrogens with one attached hydrogen (secondary N) is 1. The van der Waals surface area contributed by atoms with Crippen LogP contribution in [0.3, 0.4) is 0 Å². The highest BCUT2D eigenvalue weighted by Crippen LogP contribution is 2.36. The molecule has 5 nitrogen and oxygen atoms in total. The number of rotatable bonds is 2. The van der Waals surface area contributed by atoms with Crippen LogP contribution in [-0.2, 0) is 0 Å². The minimum Gasteiger partial charge on any atom is -0.505 e. The van der Waals surface area contributed by atoms with Crippen molar-refractivity contribution in [3.63, 3.8) is 0 Å². The highest BCUT2D eigenvalue weighted by atomic mass is 19.1. The smallest absolute Gasteiger partial charge is 0.165 e. The van der Waals surface area contributed by atoms with Gasteiger partial charge in [0.15, 0.2) is 11.6 Å². The van der Waals surface area contributed by atoms with Gasteiger partial charge in [-0.05, 0) is 23.8 Å². The molecule has 1 saturated heterocycles. The Hall–Kier alpha value is -3.17. The molecular weight excluding hydrogens is 331 g/mol. The van der Waals surface area contributed by atoms with E-state index in [4.69, 9.17) is 0 Å². The highest BCUT2D eigenvalue weighted by Gasteiger charge is 2.19. The van der Waals surface area contributed by atoms with Gasteiger partial charge in [-0.1, -0.05) is 18.2 Å². The zero-order chi connectivity index (χ0) is 18.1. The lowest BCUT2D eigenvalue weighted by Crippen LogP contribution is -2.44. The molecular formula is C20H17FN4O. The van der Waals surface area contributed by atoms with Gasteiger partial charge in [0, 0.05) is 48.7 Å². The van der Waals surface area contributed by atoms with Crippen molar-refractivity contribution in [2.24, 2.45) is 0 Å². The van der Waals surface area contributed by atoms with E-state index >= 15 is 0 Å². The molecule has 4 rings (SSSR count). The molecule has 26 heavy (non-hydrogen) atoms. The molecule has 0 radical (unpaired) electrons. The lowest BCUT2D eigenvalue weighted by atomic mass is 9.96. The molecule has 1 aliphatic rings. The number of fused-ring (bicyclic) bond motifs is 1. The number of halogens is 1. The molecule has 0 atom stereocenters. The van der Waals surface area contributed by atoms with E-state index < -0.39 is 11.6 Å². The standard InChI is InChI=1S/C20H17FN4O/c21-17-10-13(4-5-18(17)26)16-12-24-20(25-8-6-23-7-9-25)15-3-1-2-14(11-22)19(15)16/h1-5,10,12,23,26H,6-9H2. The first-order chi connectivity index (χ1) is 12.7. The van der Waals surface area contributed by atoms with Crippen LogP contribution in [0.2, 0.25) is 0 Å². The molecule has 0 amide bonds. The van der Waals surface area contributed by atoms with Crippen molar-refractivity contribution in [2.75, 3.05) is 31.1 Å². The molecule has 0 unspecified atom stereocenters. The Balaban J connectivity index is 1.97. The lowest BCUT2D eigenvalue weighted by Gasteiger charge is -2.29. The first-order valence-corrected chi connectivity index (χ1v) is 8.45. The maximum absolute atomic E-state index is 13.9. The van der Waals surface area contributed by atoms with Crippen LogP contribution in [0.25, 0.3) is 21.9 Å². The minimum absolute atomic E-state index is 0.399. The van der Waals surface area contributed by atoms with Crippen LogP contribution in [0.4, 0.5) is 10.2 Å². The van der Waals surface area contributed by atoms with E-state index in [1.165, 1.54) is 12.1 Å². The molecule has 1 fully saturated rings. The van der Waals surface area contributed by atoms with Crippen molar-refractivity contribution < 1.29 is 9.50 Å². The number of nitrogens with zero attached hydrogens (tertiary/aromatic N) is 3. The van der Waals surface area contributed by atoms with Gasteiger partial charge in [0.1, 0.15) is 5.82 Å². The third kappa shape index (κ3) is 2.72. The number of aromatic nitrogens is 1. The predicted molar refractivity (Wildman–Crippen MR) is 98.6 cm³/mol. The van der Waals surface area contributed by atoms with Gasteiger partial charge in [-0.2, -0.15) is 5.26 Å². The number of hydrogen-bond donors (Lipinski definition) is 2. The first kappa shape index (κ1) is 16.3. The number of anilines is 1. The van der Waals surface area contributed by atoms with Gasteiger partial charge in [0.2, 0.25) is 0 Å². The lowest BCUT2D eigenvalue weighted by molar-refractivity contribution is 0.432. The Kier molecular flexibility index (Phi) is 4.15. The SMILES string of the molecule is N#Cc1cccc2c(N3CCNCC3)ncc(-c3ccc(O)c(F)c3)c12. The van der Waals surface area contributed by atoms with Crippen molar-refractivity contribution in [1.82, 2.24) is 10.3 Å². The van der Waals surface area contributed by atoms with Crippen molar-refractivity contribution >= 4 is 16.6 Å². The fourth-order valence-corrected chi connectivity index (χ4v) is 3.40. The van der Waals surface area contributed by atoms with Crippen LogP contribution in [0.1, 0.15) is 5.56 Å². The molecule has 1 aromatic heterocycles. The monoisotopic (exact) mass is 348 g/mol. The van der Waals surface area contributed by atoms with Crippen molar-refractivity contribution in [3.8, 4) is 22.9 Å². The van der Waals surface area contributed by atoms with Crippen molar-refractivity contribution in [1.29, 1.82) is 5.26 Å². The Morgan fingerprint density at radius 2 is 2.00 bits per heavy atom. The summed E-state index contributed by atoms with van der Waals surface area (Å²) in [5.74, 6) is -0.262. The molecule has 2 N–H and O–H groups in total. The molecule has 2 heterocycles. The van der Waals surface area contributed by atoms with Crippen molar-refractivity contribution in [2.45, 2.75) is 0 Å². The second-order valence-electron chi connectivity index (χ2n) is 6.24. The van der Waals surface area contributed by atoms with Crippen LogP contribution in [0, 0.1) is 17.1 Å². The largest absolute Gasteiger partial charge is 0.505 e. The number of phenolic OH excluding ortho intramolecular Hbond substituents is 1. The molecule has 0 spiro atoms. The number of pyridine rings is 1. The van der Waals surface area contributed by atoms with Gasteiger partial charge in [-0.25, -0.2) is 9.37 Å². The third-order valence-corrected chi connectivity index (χ3v) is 4.69. The quantitative estimate of drug-likeness (QED) is 0.745. The number of hydrogen-bond acceptors (Lipinski definition) is 5. The fourth-order valence-electron chi connectivity index (χ4n) is 3.40. The average Bonchev–Trinajstić information content (AvgIpc) is 2.69. The number of phenols is 1. The fraction of sp³-hybridized carbons (Fsp3) is 0.200. The van der Waals surface area contributed by atoms with Gasteiger partial charge in [-0.15, -0.1) is 0 Å². The normalized spacial score (nSPS) is 14.4. The summed E-state index contributed by atoms with van der Waals surface area (Å²) in [5.41, 5.74) is 1.77. The molecule has 0 bridgehead atoms. The van der Waals surface area contributed by atoms with Crippen LogP contribution >= 0.6 is 0 Å². The summed E-state index contributed by atoms with van der Waals surface area (Å²) in [6, 6.07) is 12.0. The van der Waals surface area contributed by atoms with E-state index in [1.807, 2.05) is 12.1 Å². The molecule has 130 valence electrons. The minimum atomic E-state index is -0.698. The van der Waals surface area contributed by atoms with Crippen LogP contribution in [-0.4, -0.2) is 36.3 Å². The zero-order valence-electron chi connectivity index (χ0n) is 14.0. The summed E-state index contributed by atoms with van der Waals surface area (Å²) in [5, 5.41) is 24.0. The van der Waals surface area contributed by atoms with Gasteiger partial charge in [0.25, 0.3) is 0 Å². The van der Waals surface area contributed by atoms with Crippen molar-refractivity contribution in [3.05, 3.63) is 54.0 Å². The molecule has 2 aromatic carbocycles. The molecule has 1 aliphatic heterocycles. The Morgan fingerprint density at radius 1 is 1.19 bits per heavy atom. The average molecular weight is 348 g/mol. The Bertz CT molecular complexity index is 1020. The van der Waals surface area contributed by atoms with E-state index in [0.29, 0.717) is 16.7 Å². The number of benzene rings is 2. The molecule has 0 aliphatic carbocycles. The summed E-state index contributed by atoms with van der Waals surface area (Å²) >= 11 is 0. The Labute approximate surface area is 150 Å². The predicted octanol–water partition coefficient (Wildman–Crippen LogP) is 3.03. The number of aromatic hydroxyl groups is 1. The van der Waals surface area contributed by atoms with Gasteiger partial charge >= 0.3 is 0 Å². The second-order valence-corrected chi connectivity index (χ2v) is 6.24. The first-order valence-electron chi connectivity index (χ1n) is 8.45. The number of nitriles is 1. The topological polar surface area (TPSA) is 72.2 Å². The summed E-state index contributed by atoms with van der Waals surface area (Å²) in [6.07, 6.45) is 1.69. The van der Waals surface area contributed by atoms with Crippen LogP contribution < -0.4 is 10.2 Å².